The predicted octanol–water partition coefficient (Wildman–Crippen LogP) is 2.09. The molecule has 0 saturated heterocycles. The van der Waals surface area contributed by atoms with Crippen LogP contribution in [0.1, 0.15) is 42.5 Å². The highest BCUT2D eigenvalue weighted by atomic mass is 16.5. The van der Waals surface area contributed by atoms with Crippen LogP contribution in [0.25, 0.3) is 0 Å². The van der Waals surface area contributed by atoms with Gasteiger partial charge in [0.05, 0.1) is 25.4 Å². The van der Waals surface area contributed by atoms with E-state index in [1.54, 1.807) is 43.3 Å². The number of nitrogens with one attached hydrogen (secondary N) is 1. The molecule has 10 heteroatoms. The highest BCUT2D eigenvalue weighted by molar-refractivity contribution is 6.04. The van der Waals surface area contributed by atoms with Gasteiger partial charge in [0.15, 0.2) is 11.5 Å². The third kappa shape index (κ3) is 4.17. The minimum absolute atomic E-state index is 0.0377. The summed E-state index contributed by atoms with van der Waals surface area (Å²) in [5.74, 6) is -0.657. The molecule has 1 aliphatic heterocycles. The fourth-order valence-corrected chi connectivity index (χ4v) is 3.96. The number of hydrazone groups is 1. The van der Waals surface area contributed by atoms with Gasteiger partial charge in [-0.25, -0.2) is 9.80 Å². The molecule has 1 aromatic heterocycles. The number of hydrogen-bond donors (Lipinski definition) is 3. The largest absolute Gasteiger partial charge is 0.504 e. The van der Waals surface area contributed by atoms with Gasteiger partial charge in [0.25, 0.3) is 5.56 Å². The summed E-state index contributed by atoms with van der Waals surface area (Å²) in [6, 6.07) is 13.1. The summed E-state index contributed by atoms with van der Waals surface area (Å²) in [6.45, 7) is 1.72. The molecular weight excluding hydrogens is 440 g/mol. The van der Waals surface area contributed by atoms with E-state index in [2.05, 4.69) is 10.1 Å². The SMILES string of the molecule is CCC(=O)N1N=C(c2c(O)n(Cc3ccccc3)c(=O)[nH]c2=O)C[C@H]1c1ccc(OC)c(O)c1. The number of amides is 1. The van der Waals surface area contributed by atoms with E-state index in [9.17, 15) is 24.6 Å². The van der Waals surface area contributed by atoms with Gasteiger partial charge in [-0.3, -0.25) is 19.1 Å². The number of aromatic nitrogens is 2. The number of H-pyrrole nitrogens is 1. The lowest BCUT2D eigenvalue weighted by Crippen LogP contribution is -2.34. The second kappa shape index (κ2) is 9.26. The van der Waals surface area contributed by atoms with Crippen LogP contribution in [0.3, 0.4) is 0 Å². The third-order valence-electron chi connectivity index (χ3n) is 5.70. The lowest BCUT2D eigenvalue weighted by atomic mass is 9.98. The van der Waals surface area contributed by atoms with Gasteiger partial charge in [-0.2, -0.15) is 5.10 Å². The number of carbonyl (C=O) groups is 1. The lowest BCUT2D eigenvalue weighted by molar-refractivity contribution is -0.132. The van der Waals surface area contributed by atoms with Crippen LogP contribution in [0.15, 0.2) is 63.2 Å². The fraction of sp³-hybridized carbons (Fsp3) is 0.250. The van der Waals surface area contributed by atoms with E-state index in [1.165, 1.54) is 18.2 Å². The van der Waals surface area contributed by atoms with Crippen molar-refractivity contribution in [3.05, 3.63) is 86.1 Å². The third-order valence-corrected chi connectivity index (χ3v) is 5.70. The van der Waals surface area contributed by atoms with E-state index in [-0.39, 0.29) is 48.1 Å². The first-order valence-corrected chi connectivity index (χ1v) is 10.7. The van der Waals surface area contributed by atoms with Crippen molar-refractivity contribution in [1.29, 1.82) is 0 Å². The molecule has 0 unspecified atom stereocenters. The van der Waals surface area contributed by atoms with Gasteiger partial charge in [-0.15, -0.1) is 0 Å². The molecule has 34 heavy (non-hydrogen) atoms. The number of rotatable bonds is 6. The Morgan fingerprint density at radius 3 is 2.56 bits per heavy atom. The van der Waals surface area contributed by atoms with Gasteiger partial charge in [-0.05, 0) is 23.3 Å². The van der Waals surface area contributed by atoms with Crippen molar-refractivity contribution in [3.63, 3.8) is 0 Å². The predicted molar refractivity (Wildman–Crippen MR) is 124 cm³/mol. The molecular formula is C24H24N4O6. The molecule has 2 heterocycles. The fourth-order valence-electron chi connectivity index (χ4n) is 3.96. The minimum atomic E-state index is -0.798. The second-order valence-electron chi connectivity index (χ2n) is 7.82. The summed E-state index contributed by atoms with van der Waals surface area (Å²) >= 11 is 0. The van der Waals surface area contributed by atoms with Gasteiger partial charge in [0.1, 0.15) is 5.56 Å². The van der Waals surface area contributed by atoms with E-state index in [1.807, 2.05) is 6.07 Å². The van der Waals surface area contributed by atoms with Crippen molar-refractivity contribution in [2.75, 3.05) is 7.11 Å². The van der Waals surface area contributed by atoms with E-state index in [0.29, 0.717) is 5.56 Å². The summed E-state index contributed by atoms with van der Waals surface area (Å²) < 4.78 is 6.13. The minimum Gasteiger partial charge on any atom is -0.504 e. The van der Waals surface area contributed by atoms with E-state index in [4.69, 9.17) is 4.74 Å². The zero-order chi connectivity index (χ0) is 24.4. The summed E-state index contributed by atoms with van der Waals surface area (Å²) in [6.07, 6.45) is 0.253. The molecule has 176 valence electrons. The van der Waals surface area contributed by atoms with Crippen LogP contribution in [0.5, 0.6) is 17.4 Å². The van der Waals surface area contributed by atoms with Gasteiger partial charge < -0.3 is 14.9 Å². The average Bonchev–Trinajstić information content (AvgIpc) is 3.26. The van der Waals surface area contributed by atoms with Crippen molar-refractivity contribution >= 4 is 11.6 Å². The van der Waals surface area contributed by atoms with Crippen molar-refractivity contribution in [2.24, 2.45) is 5.10 Å². The zero-order valence-electron chi connectivity index (χ0n) is 18.7. The molecule has 3 aromatic rings. The van der Waals surface area contributed by atoms with Gasteiger partial charge in [0, 0.05) is 12.8 Å². The lowest BCUT2D eigenvalue weighted by Gasteiger charge is -2.22. The van der Waals surface area contributed by atoms with Crippen molar-refractivity contribution < 1.29 is 19.7 Å². The van der Waals surface area contributed by atoms with E-state index < -0.39 is 23.2 Å². The van der Waals surface area contributed by atoms with Crippen LogP contribution in [-0.2, 0) is 11.3 Å². The number of aromatic amines is 1. The molecule has 1 atom stereocenters. The molecule has 0 bridgehead atoms. The Morgan fingerprint density at radius 1 is 1.18 bits per heavy atom. The van der Waals surface area contributed by atoms with Gasteiger partial charge in [0.2, 0.25) is 11.8 Å². The summed E-state index contributed by atoms with van der Waals surface area (Å²) in [5, 5.41) is 26.7. The molecule has 1 amide bonds. The Balaban J connectivity index is 1.77. The normalized spacial score (nSPS) is 15.3. The zero-order valence-corrected chi connectivity index (χ0v) is 18.7. The number of ether oxygens (including phenoxy) is 1. The average molecular weight is 464 g/mol. The van der Waals surface area contributed by atoms with E-state index in [0.717, 1.165) is 10.1 Å². The van der Waals surface area contributed by atoms with Crippen LogP contribution in [0.4, 0.5) is 0 Å². The number of methoxy groups -OCH3 is 1. The van der Waals surface area contributed by atoms with Crippen molar-refractivity contribution in [3.8, 4) is 17.4 Å². The Kier molecular flexibility index (Phi) is 6.22. The standard InChI is InChI=1S/C24H24N4O6/c1-3-20(30)28-17(15-9-10-19(34-2)18(29)11-15)12-16(26-28)21-22(31)25-24(33)27(23(21)32)13-14-7-5-4-6-8-14/h4-11,17,29,32H,3,12-13H2,1-2H3,(H,25,31,33)/t17-/m0/s1. The maximum Gasteiger partial charge on any atom is 0.331 e. The Labute approximate surface area is 194 Å². The Hall–Kier alpha value is -4.34. The Morgan fingerprint density at radius 2 is 1.91 bits per heavy atom. The number of carbonyl (C=O) groups excluding carboxylic acids is 1. The van der Waals surface area contributed by atoms with Crippen molar-refractivity contribution in [1.82, 2.24) is 14.6 Å². The highest BCUT2D eigenvalue weighted by Crippen LogP contribution is 2.37. The highest BCUT2D eigenvalue weighted by Gasteiger charge is 2.35. The summed E-state index contributed by atoms with van der Waals surface area (Å²) in [5.41, 5.74) is -0.250. The monoisotopic (exact) mass is 464 g/mol. The van der Waals surface area contributed by atoms with Crippen LogP contribution in [-0.4, -0.2) is 43.5 Å². The number of benzene rings is 2. The summed E-state index contributed by atoms with van der Waals surface area (Å²) in [4.78, 5) is 40.0. The van der Waals surface area contributed by atoms with Crippen LogP contribution >= 0.6 is 0 Å². The van der Waals surface area contributed by atoms with Crippen LogP contribution in [0.2, 0.25) is 0 Å². The number of phenolic OH excluding ortho intramolecular Hbond substituents is 1. The molecule has 0 saturated carbocycles. The van der Waals surface area contributed by atoms with E-state index >= 15 is 0 Å². The molecule has 0 fully saturated rings. The molecule has 2 aromatic carbocycles. The molecule has 4 rings (SSSR count). The molecule has 3 N–H and O–H groups in total. The number of hydrogen-bond acceptors (Lipinski definition) is 7. The van der Waals surface area contributed by atoms with Crippen LogP contribution < -0.4 is 16.0 Å². The number of aromatic hydroxyl groups is 2. The van der Waals surface area contributed by atoms with Gasteiger partial charge in [-0.1, -0.05) is 43.3 Å². The number of nitrogens with zero attached hydrogens (tertiary/aromatic N) is 3. The first kappa shape index (κ1) is 22.8. The molecule has 1 aliphatic rings. The Bertz CT molecular complexity index is 1380. The van der Waals surface area contributed by atoms with Crippen LogP contribution in [0, 0.1) is 0 Å². The summed E-state index contributed by atoms with van der Waals surface area (Å²) in [7, 11) is 1.43. The van der Waals surface area contributed by atoms with Crippen molar-refractivity contribution in [2.45, 2.75) is 32.4 Å². The number of phenols is 1. The van der Waals surface area contributed by atoms with Gasteiger partial charge >= 0.3 is 5.69 Å². The second-order valence-corrected chi connectivity index (χ2v) is 7.82. The topological polar surface area (TPSA) is 137 Å². The first-order valence-electron chi connectivity index (χ1n) is 10.7. The maximum absolute atomic E-state index is 12.7. The maximum atomic E-state index is 12.7. The molecule has 0 aliphatic carbocycles. The smallest absolute Gasteiger partial charge is 0.331 e. The molecule has 10 nitrogen and oxygen atoms in total. The molecule has 0 spiro atoms. The quantitative estimate of drug-likeness (QED) is 0.511. The first-order chi connectivity index (χ1) is 16.3. The molecule has 0 radical (unpaired) electrons.